The van der Waals surface area contributed by atoms with Gasteiger partial charge in [-0.3, -0.25) is 4.79 Å². The maximum atomic E-state index is 11.6. The number of hydrogen-bond donors (Lipinski definition) is 2. The van der Waals surface area contributed by atoms with Crippen molar-refractivity contribution in [3.8, 4) is 0 Å². The van der Waals surface area contributed by atoms with Crippen LogP contribution >= 0.6 is 11.6 Å². The molecule has 1 amide bonds. The zero-order chi connectivity index (χ0) is 12.0. The molecule has 0 aromatic carbocycles. The summed E-state index contributed by atoms with van der Waals surface area (Å²) in [5, 5.41) is 6.29. The first-order chi connectivity index (χ1) is 7.63. The first-order valence-electron chi connectivity index (χ1n) is 5.27. The lowest BCUT2D eigenvalue weighted by Gasteiger charge is -2.12. The number of pyridine rings is 1. The van der Waals surface area contributed by atoms with Gasteiger partial charge in [0.15, 0.2) is 5.82 Å². The van der Waals surface area contributed by atoms with Crippen LogP contribution < -0.4 is 10.6 Å². The van der Waals surface area contributed by atoms with Gasteiger partial charge >= 0.3 is 0 Å². The normalized spacial score (nSPS) is 12.2. The van der Waals surface area contributed by atoms with Crippen molar-refractivity contribution in [3.63, 3.8) is 0 Å². The fourth-order valence-corrected chi connectivity index (χ4v) is 1.53. The second kappa shape index (κ2) is 6.45. The van der Waals surface area contributed by atoms with Gasteiger partial charge in [0.25, 0.3) is 0 Å². The lowest BCUT2D eigenvalue weighted by atomic mass is 10.2. The Hall–Kier alpha value is -1.13. The Morgan fingerprint density at radius 1 is 1.62 bits per heavy atom. The molecule has 0 aliphatic heterocycles. The molecule has 0 radical (unpaired) electrons. The van der Waals surface area contributed by atoms with Crippen molar-refractivity contribution in [1.29, 1.82) is 0 Å². The van der Waals surface area contributed by atoms with E-state index < -0.39 is 0 Å². The summed E-state index contributed by atoms with van der Waals surface area (Å²) in [6.45, 7) is 4.81. The summed E-state index contributed by atoms with van der Waals surface area (Å²) in [4.78, 5) is 15.6. The van der Waals surface area contributed by atoms with E-state index in [1.807, 2.05) is 13.8 Å². The van der Waals surface area contributed by atoms with E-state index in [0.717, 1.165) is 6.54 Å². The predicted molar refractivity (Wildman–Crippen MR) is 65.6 cm³/mol. The highest BCUT2D eigenvalue weighted by molar-refractivity contribution is 6.33. The highest BCUT2D eigenvalue weighted by Gasteiger charge is 2.10. The van der Waals surface area contributed by atoms with Crippen molar-refractivity contribution in [2.24, 2.45) is 0 Å². The van der Waals surface area contributed by atoms with Crippen molar-refractivity contribution < 1.29 is 4.79 Å². The van der Waals surface area contributed by atoms with Crippen molar-refractivity contribution in [2.75, 3.05) is 11.9 Å². The fourth-order valence-electron chi connectivity index (χ4n) is 1.36. The maximum absolute atomic E-state index is 11.6. The molecule has 1 rings (SSSR count). The highest BCUT2D eigenvalue weighted by atomic mass is 35.5. The molecule has 1 aromatic heterocycles. The summed E-state index contributed by atoms with van der Waals surface area (Å²) in [6.07, 6.45) is 2.00. The van der Waals surface area contributed by atoms with Crippen molar-refractivity contribution in [2.45, 2.75) is 26.3 Å². The quantitative estimate of drug-likeness (QED) is 0.830. The van der Waals surface area contributed by atoms with E-state index in [1.165, 1.54) is 0 Å². The third-order valence-corrected chi connectivity index (χ3v) is 2.37. The molecule has 0 bridgehead atoms. The molecular formula is C11H16ClN3O. The minimum Gasteiger partial charge on any atom is -0.314 e. The number of aromatic nitrogens is 1. The molecule has 0 aliphatic rings. The van der Waals surface area contributed by atoms with Crippen LogP contribution in [0.25, 0.3) is 0 Å². The Morgan fingerprint density at radius 2 is 2.38 bits per heavy atom. The first-order valence-corrected chi connectivity index (χ1v) is 5.65. The summed E-state index contributed by atoms with van der Waals surface area (Å²) in [5.41, 5.74) is 0. The summed E-state index contributed by atoms with van der Waals surface area (Å²) in [6, 6.07) is 3.56. The first kappa shape index (κ1) is 12.9. The molecule has 2 N–H and O–H groups in total. The minimum absolute atomic E-state index is 0.0888. The Kier molecular flexibility index (Phi) is 5.22. The minimum atomic E-state index is -0.0888. The van der Waals surface area contributed by atoms with Crippen molar-refractivity contribution in [3.05, 3.63) is 23.4 Å². The highest BCUT2D eigenvalue weighted by Crippen LogP contribution is 2.17. The fraction of sp³-hybridized carbons (Fsp3) is 0.455. The molecule has 88 valence electrons. The molecule has 1 atom stereocenters. The van der Waals surface area contributed by atoms with Gasteiger partial charge in [-0.05, 0) is 25.6 Å². The Labute approximate surface area is 100 Å². The standard InChI is InChI=1S/C11H16ClN3O/c1-3-13-8(2)7-10(16)15-11-9(12)5-4-6-14-11/h4-6,8,13H,3,7H2,1-2H3,(H,14,15,16). The van der Waals surface area contributed by atoms with E-state index in [-0.39, 0.29) is 11.9 Å². The molecule has 5 heteroatoms. The summed E-state index contributed by atoms with van der Waals surface area (Å²) in [5.74, 6) is 0.326. The maximum Gasteiger partial charge on any atom is 0.227 e. The van der Waals surface area contributed by atoms with Gasteiger partial charge in [-0.1, -0.05) is 18.5 Å². The van der Waals surface area contributed by atoms with Gasteiger partial charge in [0, 0.05) is 18.7 Å². The lowest BCUT2D eigenvalue weighted by molar-refractivity contribution is -0.116. The zero-order valence-corrected chi connectivity index (χ0v) is 10.2. The van der Waals surface area contributed by atoms with E-state index in [9.17, 15) is 4.79 Å². The van der Waals surface area contributed by atoms with Gasteiger partial charge in [0.2, 0.25) is 5.91 Å². The van der Waals surface area contributed by atoms with Gasteiger partial charge < -0.3 is 10.6 Å². The summed E-state index contributed by atoms with van der Waals surface area (Å²) < 4.78 is 0. The monoisotopic (exact) mass is 241 g/mol. The van der Waals surface area contributed by atoms with Gasteiger partial charge in [0.1, 0.15) is 0 Å². The van der Waals surface area contributed by atoms with Gasteiger partial charge in [0.05, 0.1) is 5.02 Å². The van der Waals surface area contributed by atoms with Gasteiger partial charge in [-0.2, -0.15) is 0 Å². The van der Waals surface area contributed by atoms with Crippen LogP contribution in [0, 0.1) is 0 Å². The number of carbonyl (C=O) groups is 1. The number of rotatable bonds is 5. The molecule has 1 aromatic rings. The number of amides is 1. The Balaban J connectivity index is 2.49. The number of nitrogens with zero attached hydrogens (tertiary/aromatic N) is 1. The van der Waals surface area contributed by atoms with Crippen LogP contribution in [0.2, 0.25) is 5.02 Å². The second-order valence-electron chi connectivity index (χ2n) is 3.54. The van der Waals surface area contributed by atoms with Crippen molar-refractivity contribution in [1.82, 2.24) is 10.3 Å². The van der Waals surface area contributed by atoms with Crippen LogP contribution in [0.4, 0.5) is 5.82 Å². The summed E-state index contributed by atoms with van der Waals surface area (Å²) >= 11 is 5.87. The van der Waals surface area contributed by atoms with Crippen LogP contribution in [-0.4, -0.2) is 23.5 Å². The predicted octanol–water partition coefficient (Wildman–Crippen LogP) is 2.06. The number of nitrogens with one attached hydrogen (secondary N) is 2. The van der Waals surface area contributed by atoms with Crippen LogP contribution in [-0.2, 0) is 4.79 Å². The Bertz CT molecular complexity index is 357. The molecule has 0 saturated carbocycles. The number of carbonyl (C=O) groups excluding carboxylic acids is 1. The lowest BCUT2D eigenvalue weighted by Crippen LogP contribution is -2.30. The van der Waals surface area contributed by atoms with E-state index >= 15 is 0 Å². The molecule has 0 fully saturated rings. The Morgan fingerprint density at radius 3 is 3.00 bits per heavy atom. The molecule has 0 spiro atoms. The van der Waals surface area contributed by atoms with Crippen LogP contribution in [0.15, 0.2) is 18.3 Å². The number of anilines is 1. The number of hydrogen-bond acceptors (Lipinski definition) is 3. The van der Waals surface area contributed by atoms with E-state index in [0.29, 0.717) is 17.3 Å². The van der Waals surface area contributed by atoms with Crippen LogP contribution in [0.5, 0.6) is 0 Å². The van der Waals surface area contributed by atoms with Gasteiger partial charge in [-0.25, -0.2) is 4.98 Å². The zero-order valence-electron chi connectivity index (χ0n) is 9.46. The molecule has 0 aliphatic carbocycles. The van der Waals surface area contributed by atoms with E-state index in [1.54, 1.807) is 18.3 Å². The third-order valence-electron chi connectivity index (χ3n) is 2.06. The van der Waals surface area contributed by atoms with E-state index in [2.05, 4.69) is 15.6 Å². The topological polar surface area (TPSA) is 54.0 Å². The molecule has 0 saturated heterocycles. The average Bonchev–Trinajstić information content (AvgIpc) is 2.21. The summed E-state index contributed by atoms with van der Waals surface area (Å²) in [7, 11) is 0. The third kappa shape index (κ3) is 4.16. The molecule has 1 heterocycles. The molecule has 4 nitrogen and oxygen atoms in total. The van der Waals surface area contributed by atoms with Crippen molar-refractivity contribution >= 4 is 23.3 Å². The molecular weight excluding hydrogens is 226 g/mol. The number of halogens is 1. The van der Waals surface area contributed by atoms with E-state index in [4.69, 9.17) is 11.6 Å². The largest absolute Gasteiger partial charge is 0.314 e. The smallest absolute Gasteiger partial charge is 0.227 e. The average molecular weight is 242 g/mol. The van der Waals surface area contributed by atoms with Crippen LogP contribution in [0.3, 0.4) is 0 Å². The second-order valence-corrected chi connectivity index (χ2v) is 3.95. The molecule has 16 heavy (non-hydrogen) atoms. The molecule has 1 unspecified atom stereocenters. The SMILES string of the molecule is CCNC(C)CC(=O)Nc1ncccc1Cl. The van der Waals surface area contributed by atoms with Gasteiger partial charge in [-0.15, -0.1) is 0 Å². The van der Waals surface area contributed by atoms with Crippen LogP contribution in [0.1, 0.15) is 20.3 Å².